The lowest BCUT2D eigenvalue weighted by Crippen LogP contribution is -2.11. The molecule has 0 aliphatic heterocycles. The first-order valence-electron chi connectivity index (χ1n) is 7.08. The molecule has 0 aliphatic rings. The highest BCUT2D eigenvalue weighted by atomic mass is 16.4. The van der Waals surface area contributed by atoms with Gasteiger partial charge in [-0.2, -0.15) is 0 Å². The first-order chi connectivity index (χ1) is 9.49. The minimum atomic E-state index is -0.752. The van der Waals surface area contributed by atoms with E-state index in [2.05, 4.69) is 5.32 Å². The standard InChI is InChI=1S/C16H23NO3/c1-12-9-10-14(11-13(12)2)17-15(18)7-5-3-4-6-8-16(19)20/h9-11H,3-8H2,1-2H3,(H,17,18)(H,19,20). The third kappa shape index (κ3) is 6.36. The summed E-state index contributed by atoms with van der Waals surface area (Å²) < 4.78 is 0. The van der Waals surface area contributed by atoms with Crippen molar-refractivity contribution in [3.63, 3.8) is 0 Å². The van der Waals surface area contributed by atoms with Gasteiger partial charge in [0.05, 0.1) is 0 Å². The summed E-state index contributed by atoms with van der Waals surface area (Å²) in [5, 5.41) is 11.4. The Morgan fingerprint density at radius 1 is 1.00 bits per heavy atom. The predicted molar refractivity (Wildman–Crippen MR) is 79.9 cm³/mol. The zero-order valence-electron chi connectivity index (χ0n) is 12.2. The molecule has 1 aromatic rings. The molecule has 1 aromatic carbocycles. The summed E-state index contributed by atoms with van der Waals surface area (Å²) in [6, 6.07) is 5.88. The fourth-order valence-corrected chi connectivity index (χ4v) is 1.96. The van der Waals surface area contributed by atoms with Crippen LogP contribution in [0.15, 0.2) is 18.2 Å². The van der Waals surface area contributed by atoms with E-state index in [1.54, 1.807) is 0 Å². The molecule has 1 amide bonds. The quantitative estimate of drug-likeness (QED) is 0.712. The highest BCUT2D eigenvalue weighted by Gasteiger charge is 2.03. The van der Waals surface area contributed by atoms with E-state index in [4.69, 9.17) is 5.11 Å². The number of benzene rings is 1. The van der Waals surface area contributed by atoms with Crippen molar-refractivity contribution < 1.29 is 14.7 Å². The number of carbonyl (C=O) groups excluding carboxylic acids is 1. The van der Waals surface area contributed by atoms with Crippen molar-refractivity contribution in [3.05, 3.63) is 29.3 Å². The number of hydrogen-bond donors (Lipinski definition) is 2. The normalized spacial score (nSPS) is 10.3. The molecule has 0 aliphatic carbocycles. The van der Waals surface area contributed by atoms with Crippen molar-refractivity contribution in [3.8, 4) is 0 Å². The number of carboxylic acid groups (broad SMARTS) is 1. The SMILES string of the molecule is Cc1ccc(NC(=O)CCCCCCC(=O)O)cc1C. The number of rotatable bonds is 8. The van der Waals surface area contributed by atoms with Crippen molar-refractivity contribution in [1.29, 1.82) is 0 Å². The second-order valence-corrected chi connectivity index (χ2v) is 5.16. The van der Waals surface area contributed by atoms with Crippen LogP contribution in [0.5, 0.6) is 0 Å². The molecule has 0 bridgehead atoms. The molecular weight excluding hydrogens is 254 g/mol. The lowest BCUT2D eigenvalue weighted by Gasteiger charge is -2.07. The van der Waals surface area contributed by atoms with E-state index in [-0.39, 0.29) is 12.3 Å². The van der Waals surface area contributed by atoms with E-state index in [1.165, 1.54) is 5.56 Å². The lowest BCUT2D eigenvalue weighted by atomic mass is 10.1. The molecule has 0 atom stereocenters. The molecule has 1 rings (SSSR count). The Morgan fingerprint density at radius 3 is 2.25 bits per heavy atom. The molecule has 0 fully saturated rings. The molecular formula is C16H23NO3. The van der Waals surface area contributed by atoms with E-state index in [1.807, 2.05) is 32.0 Å². The molecule has 0 saturated carbocycles. The summed E-state index contributed by atoms with van der Waals surface area (Å²) >= 11 is 0. The van der Waals surface area contributed by atoms with Crippen LogP contribution in [-0.2, 0) is 9.59 Å². The van der Waals surface area contributed by atoms with Gasteiger partial charge < -0.3 is 10.4 Å². The molecule has 0 saturated heterocycles. The number of anilines is 1. The second-order valence-electron chi connectivity index (χ2n) is 5.16. The summed E-state index contributed by atoms with van der Waals surface area (Å²) in [6.45, 7) is 4.06. The van der Waals surface area contributed by atoms with Crippen molar-refractivity contribution in [2.45, 2.75) is 52.4 Å². The fourth-order valence-electron chi connectivity index (χ4n) is 1.96. The molecule has 0 heterocycles. The number of hydrogen-bond acceptors (Lipinski definition) is 2. The Labute approximate surface area is 120 Å². The highest BCUT2D eigenvalue weighted by molar-refractivity contribution is 5.90. The summed E-state index contributed by atoms with van der Waals surface area (Å²) in [4.78, 5) is 22.1. The van der Waals surface area contributed by atoms with Crippen LogP contribution in [0.1, 0.15) is 49.7 Å². The van der Waals surface area contributed by atoms with Gasteiger partial charge in [0.1, 0.15) is 0 Å². The fraction of sp³-hybridized carbons (Fsp3) is 0.500. The molecule has 4 nitrogen and oxygen atoms in total. The second kappa shape index (κ2) is 8.35. The minimum Gasteiger partial charge on any atom is -0.481 e. The van der Waals surface area contributed by atoms with Crippen LogP contribution in [0, 0.1) is 13.8 Å². The number of carbonyl (C=O) groups is 2. The van der Waals surface area contributed by atoms with Crippen molar-refractivity contribution in [1.82, 2.24) is 0 Å². The lowest BCUT2D eigenvalue weighted by molar-refractivity contribution is -0.137. The first kappa shape index (κ1) is 16.2. The average molecular weight is 277 g/mol. The van der Waals surface area contributed by atoms with Crippen LogP contribution in [0.4, 0.5) is 5.69 Å². The maximum Gasteiger partial charge on any atom is 0.303 e. The van der Waals surface area contributed by atoms with Gasteiger partial charge in [0.25, 0.3) is 0 Å². The summed E-state index contributed by atoms with van der Waals surface area (Å²) in [6.07, 6.45) is 3.95. The number of nitrogens with one attached hydrogen (secondary N) is 1. The Hall–Kier alpha value is -1.84. The third-order valence-electron chi connectivity index (χ3n) is 3.34. The monoisotopic (exact) mass is 277 g/mol. The van der Waals surface area contributed by atoms with Gasteiger partial charge in [-0.25, -0.2) is 0 Å². The van der Waals surface area contributed by atoms with Gasteiger partial charge in [-0.05, 0) is 49.9 Å². The topological polar surface area (TPSA) is 66.4 Å². The molecule has 110 valence electrons. The first-order valence-corrected chi connectivity index (χ1v) is 7.08. The van der Waals surface area contributed by atoms with Crippen LogP contribution in [0.25, 0.3) is 0 Å². The van der Waals surface area contributed by atoms with E-state index < -0.39 is 5.97 Å². The van der Waals surface area contributed by atoms with E-state index in [0.717, 1.165) is 30.5 Å². The average Bonchev–Trinajstić information content (AvgIpc) is 2.38. The number of amides is 1. The number of carboxylic acids is 1. The molecule has 4 heteroatoms. The summed E-state index contributed by atoms with van der Waals surface area (Å²) in [5.74, 6) is -0.732. The van der Waals surface area contributed by atoms with Crippen molar-refractivity contribution in [2.75, 3.05) is 5.32 Å². The van der Waals surface area contributed by atoms with Gasteiger partial charge in [0, 0.05) is 18.5 Å². The van der Waals surface area contributed by atoms with Gasteiger partial charge in [-0.3, -0.25) is 9.59 Å². The maximum atomic E-state index is 11.7. The van der Waals surface area contributed by atoms with E-state index in [9.17, 15) is 9.59 Å². The smallest absolute Gasteiger partial charge is 0.303 e. The molecule has 0 radical (unpaired) electrons. The zero-order valence-corrected chi connectivity index (χ0v) is 12.2. The van der Waals surface area contributed by atoms with Crippen LogP contribution < -0.4 is 5.32 Å². The summed E-state index contributed by atoms with van der Waals surface area (Å²) in [7, 11) is 0. The molecule has 0 aromatic heterocycles. The van der Waals surface area contributed by atoms with Gasteiger partial charge in [-0.15, -0.1) is 0 Å². The molecule has 2 N–H and O–H groups in total. The van der Waals surface area contributed by atoms with E-state index in [0.29, 0.717) is 12.8 Å². The molecule has 20 heavy (non-hydrogen) atoms. The zero-order chi connectivity index (χ0) is 15.0. The minimum absolute atomic E-state index is 0.0199. The maximum absolute atomic E-state index is 11.7. The number of unbranched alkanes of at least 4 members (excludes halogenated alkanes) is 3. The van der Waals surface area contributed by atoms with Gasteiger partial charge in [0.2, 0.25) is 5.91 Å². The van der Waals surface area contributed by atoms with Crippen LogP contribution in [0.2, 0.25) is 0 Å². The van der Waals surface area contributed by atoms with Crippen LogP contribution in [-0.4, -0.2) is 17.0 Å². The van der Waals surface area contributed by atoms with Gasteiger partial charge in [-0.1, -0.05) is 18.9 Å². The van der Waals surface area contributed by atoms with Crippen LogP contribution in [0.3, 0.4) is 0 Å². The Kier molecular flexibility index (Phi) is 6.77. The van der Waals surface area contributed by atoms with Gasteiger partial charge in [0.15, 0.2) is 0 Å². The largest absolute Gasteiger partial charge is 0.481 e. The van der Waals surface area contributed by atoms with Crippen LogP contribution >= 0.6 is 0 Å². The Morgan fingerprint density at radius 2 is 1.65 bits per heavy atom. The molecule has 0 unspecified atom stereocenters. The van der Waals surface area contributed by atoms with Crippen molar-refractivity contribution in [2.24, 2.45) is 0 Å². The third-order valence-corrected chi connectivity index (χ3v) is 3.34. The Balaban J connectivity index is 2.20. The molecule has 0 spiro atoms. The Bertz CT molecular complexity index is 469. The van der Waals surface area contributed by atoms with Gasteiger partial charge >= 0.3 is 5.97 Å². The number of aliphatic carboxylic acids is 1. The number of aryl methyl sites for hydroxylation is 2. The van der Waals surface area contributed by atoms with E-state index >= 15 is 0 Å². The summed E-state index contributed by atoms with van der Waals surface area (Å²) in [5.41, 5.74) is 3.21. The predicted octanol–water partition coefficient (Wildman–Crippen LogP) is 3.67. The van der Waals surface area contributed by atoms with Crippen molar-refractivity contribution >= 4 is 17.6 Å². The highest BCUT2D eigenvalue weighted by Crippen LogP contribution is 2.15.